The van der Waals surface area contributed by atoms with Crippen molar-refractivity contribution in [3.8, 4) is 6.07 Å². The number of amides is 1. The fourth-order valence-corrected chi connectivity index (χ4v) is 4.62. The van der Waals surface area contributed by atoms with Crippen LogP contribution >= 0.6 is 11.6 Å². The van der Waals surface area contributed by atoms with Crippen molar-refractivity contribution in [2.75, 3.05) is 38.0 Å². The number of benzene rings is 2. The Kier molecular flexibility index (Phi) is 6.31. The molecule has 0 saturated carbocycles. The van der Waals surface area contributed by atoms with E-state index in [0.717, 1.165) is 0 Å². The van der Waals surface area contributed by atoms with E-state index in [-0.39, 0.29) is 22.4 Å². The van der Waals surface area contributed by atoms with Crippen LogP contribution in [-0.4, -0.2) is 56.3 Å². The Labute approximate surface area is 169 Å². The summed E-state index contributed by atoms with van der Waals surface area (Å²) in [5.74, 6) is -0.222. The lowest BCUT2D eigenvalue weighted by Crippen LogP contribution is -2.50. The molecule has 0 bridgehead atoms. The molecular formula is C19H19ClN4O3S. The van der Waals surface area contributed by atoms with Crippen molar-refractivity contribution < 1.29 is 13.2 Å². The summed E-state index contributed by atoms with van der Waals surface area (Å²) in [6.45, 7) is 1.73. The monoisotopic (exact) mass is 418 g/mol. The van der Waals surface area contributed by atoms with Crippen molar-refractivity contribution in [1.82, 2.24) is 9.21 Å². The van der Waals surface area contributed by atoms with Crippen LogP contribution in [0.5, 0.6) is 0 Å². The number of hydrogen-bond donors (Lipinski definition) is 1. The van der Waals surface area contributed by atoms with E-state index in [1.54, 1.807) is 42.5 Å². The van der Waals surface area contributed by atoms with Gasteiger partial charge in [0.1, 0.15) is 6.07 Å². The molecule has 1 N–H and O–H groups in total. The standard InChI is InChI=1S/C19H19ClN4O3S/c20-18-12-16(7-6-15(18)13-21)22-19(25)14-23-8-10-24(11-9-23)28(26,27)17-4-2-1-3-5-17/h1-7,12H,8-11,14H2,(H,22,25). The molecular weight excluding hydrogens is 400 g/mol. The minimum Gasteiger partial charge on any atom is -0.325 e. The number of halogens is 1. The first-order chi connectivity index (χ1) is 13.4. The maximum atomic E-state index is 12.6. The number of nitrogens with one attached hydrogen (secondary N) is 1. The minimum atomic E-state index is -3.51. The topological polar surface area (TPSA) is 93.5 Å². The van der Waals surface area contributed by atoms with E-state index in [2.05, 4.69) is 5.32 Å². The normalized spacial score (nSPS) is 15.7. The number of carbonyl (C=O) groups is 1. The van der Waals surface area contributed by atoms with Crippen LogP contribution in [0.4, 0.5) is 5.69 Å². The summed E-state index contributed by atoms with van der Waals surface area (Å²) >= 11 is 5.97. The Morgan fingerprint density at radius 2 is 1.79 bits per heavy atom. The lowest BCUT2D eigenvalue weighted by atomic mass is 10.2. The van der Waals surface area contributed by atoms with E-state index in [1.807, 2.05) is 11.0 Å². The summed E-state index contributed by atoms with van der Waals surface area (Å²) in [4.78, 5) is 14.4. The second-order valence-electron chi connectivity index (χ2n) is 6.35. The summed E-state index contributed by atoms with van der Waals surface area (Å²) in [5.41, 5.74) is 0.856. The first-order valence-corrected chi connectivity index (χ1v) is 10.5. The lowest BCUT2D eigenvalue weighted by molar-refractivity contribution is -0.117. The fraction of sp³-hybridized carbons (Fsp3) is 0.263. The van der Waals surface area contributed by atoms with Crippen LogP contribution < -0.4 is 5.32 Å². The number of anilines is 1. The predicted octanol–water partition coefficient (Wildman–Crippen LogP) is 2.16. The van der Waals surface area contributed by atoms with Gasteiger partial charge in [-0.15, -0.1) is 0 Å². The number of piperazine rings is 1. The van der Waals surface area contributed by atoms with Crippen molar-refractivity contribution in [1.29, 1.82) is 5.26 Å². The zero-order valence-electron chi connectivity index (χ0n) is 15.0. The van der Waals surface area contributed by atoms with E-state index in [0.29, 0.717) is 37.4 Å². The molecule has 0 unspecified atom stereocenters. The molecule has 2 aromatic carbocycles. The summed E-state index contributed by atoms with van der Waals surface area (Å²) in [6, 6.07) is 15.0. The van der Waals surface area contributed by atoms with Gasteiger partial charge in [0.25, 0.3) is 0 Å². The first-order valence-electron chi connectivity index (χ1n) is 8.67. The molecule has 146 valence electrons. The molecule has 0 aliphatic carbocycles. The smallest absolute Gasteiger partial charge is 0.243 e. The van der Waals surface area contributed by atoms with Crippen molar-refractivity contribution >= 4 is 33.2 Å². The summed E-state index contributed by atoms with van der Waals surface area (Å²) in [5, 5.41) is 11.9. The average molecular weight is 419 g/mol. The van der Waals surface area contributed by atoms with Crippen LogP contribution in [0, 0.1) is 11.3 Å². The van der Waals surface area contributed by atoms with Crippen molar-refractivity contribution in [3.05, 3.63) is 59.1 Å². The molecule has 7 nitrogen and oxygen atoms in total. The SMILES string of the molecule is N#Cc1ccc(NC(=O)CN2CCN(S(=O)(=O)c3ccccc3)CC2)cc1Cl. The molecule has 0 aromatic heterocycles. The third-order valence-electron chi connectivity index (χ3n) is 4.45. The number of nitriles is 1. The van der Waals surface area contributed by atoms with Gasteiger partial charge in [0, 0.05) is 31.9 Å². The van der Waals surface area contributed by atoms with Crippen LogP contribution in [0.1, 0.15) is 5.56 Å². The van der Waals surface area contributed by atoms with E-state index < -0.39 is 10.0 Å². The molecule has 0 spiro atoms. The highest BCUT2D eigenvalue weighted by molar-refractivity contribution is 7.89. The third kappa shape index (κ3) is 4.69. The molecule has 1 saturated heterocycles. The molecule has 3 rings (SSSR count). The molecule has 1 fully saturated rings. The van der Waals surface area contributed by atoms with Crippen LogP contribution in [0.15, 0.2) is 53.4 Å². The van der Waals surface area contributed by atoms with Gasteiger partial charge in [0.2, 0.25) is 15.9 Å². The molecule has 1 amide bonds. The molecule has 1 heterocycles. The number of hydrogen-bond acceptors (Lipinski definition) is 5. The Morgan fingerprint density at radius 3 is 2.39 bits per heavy atom. The van der Waals surface area contributed by atoms with E-state index in [4.69, 9.17) is 16.9 Å². The summed E-state index contributed by atoms with van der Waals surface area (Å²) < 4.78 is 26.7. The Hall–Kier alpha value is -2.44. The zero-order valence-corrected chi connectivity index (χ0v) is 16.6. The highest BCUT2D eigenvalue weighted by Gasteiger charge is 2.28. The van der Waals surface area contributed by atoms with Crippen LogP contribution in [0.2, 0.25) is 5.02 Å². The summed E-state index contributed by atoms with van der Waals surface area (Å²) in [6.07, 6.45) is 0. The van der Waals surface area contributed by atoms with E-state index >= 15 is 0 Å². The highest BCUT2D eigenvalue weighted by Crippen LogP contribution is 2.20. The minimum absolute atomic E-state index is 0.150. The van der Waals surface area contributed by atoms with Crippen molar-refractivity contribution in [2.24, 2.45) is 0 Å². The van der Waals surface area contributed by atoms with E-state index in [1.165, 1.54) is 10.4 Å². The Morgan fingerprint density at radius 1 is 1.11 bits per heavy atom. The van der Waals surface area contributed by atoms with Crippen LogP contribution in [-0.2, 0) is 14.8 Å². The largest absolute Gasteiger partial charge is 0.325 e. The molecule has 1 aliphatic heterocycles. The van der Waals surface area contributed by atoms with Gasteiger partial charge >= 0.3 is 0 Å². The van der Waals surface area contributed by atoms with Crippen LogP contribution in [0.25, 0.3) is 0 Å². The second-order valence-corrected chi connectivity index (χ2v) is 8.69. The number of nitrogens with zero attached hydrogens (tertiary/aromatic N) is 3. The summed E-state index contributed by atoms with van der Waals surface area (Å²) in [7, 11) is -3.51. The number of carbonyl (C=O) groups excluding carboxylic acids is 1. The highest BCUT2D eigenvalue weighted by atomic mass is 35.5. The molecule has 0 radical (unpaired) electrons. The predicted molar refractivity (Wildman–Crippen MR) is 106 cm³/mol. The number of sulfonamides is 1. The maximum Gasteiger partial charge on any atom is 0.243 e. The fourth-order valence-electron chi connectivity index (χ4n) is 2.96. The van der Waals surface area contributed by atoms with Gasteiger partial charge in [0.05, 0.1) is 22.0 Å². The van der Waals surface area contributed by atoms with Crippen molar-refractivity contribution in [2.45, 2.75) is 4.90 Å². The zero-order chi connectivity index (χ0) is 20.1. The van der Waals surface area contributed by atoms with Gasteiger partial charge in [-0.1, -0.05) is 29.8 Å². The number of rotatable bonds is 5. The van der Waals surface area contributed by atoms with Crippen molar-refractivity contribution in [3.63, 3.8) is 0 Å². The third-order valence-corrected chi connectivity index (χ3v) is 6.68. The molecule has 9 heteroatoms. The lowest BCUT2D eigenvalue weighted by Gasteiger charge is -2.33. The van der Waals surface area contributed by atoms with Gasteiger partial charge in [0.15, 0.2) is 0 Å². The van der Waals surface area contributed by atoms with Gasteiger partial charge in [-0.25, -0.2) is 8.42 Å². The van der Waals surface area contributed by atoms with Crippen LogP contribution in [0.3, 0.4) is 0 Å². The molecule has 28 heavy (non-hydrogen) atoms. The van der Waals surface area contributed by atoms with Gasteiger partial charge in [-0.3, -0.25) is 9.69 Å². The van der Waals surface area contributed by atoms with Gasteiger partial charge in [-0.05, 0) is 30.3 Å². The Bertz CT molecular complexity index is 998. The first kappa shape index (κ1) is 20.3. The van der Waals surface area contributed by atoms with Gasteiger partial charge < -0.3 is 5.32 Å². The Balaban J connectivity index is 1.53. The molecule has 2 aromatic rings. The van der Waals surface area contributed by atoms with E-state index in [9.17, 15) is 13.2 Å². The second kappa shape index (κ2) is 8.71. The maximum absolute atomic E-state index is 12.6. The molecule has 1 aliphatic rings. The average Bonchev–Trinajstić information content (AvgIpc) is 2.69. The molecule has 0 atom stereocenters. The quantitative estimate of drug-likeness (QED) is 0.803. The van der Waals surface area contributed by atoms with Gasteiger partial charge in [-0.2, -0.15) is 9.57 Å².